The normalized spacial score (nSPS) is 14.2. The van der Waals surface area contributed by atoms with Gasteiger partial charge in [0.2, 0.25) is 0 Å². The predicted molar refractivity (Wildman–Crippen MR) is 240 cm³/mol. The molecule has 0 fully saturated rings. The second-order valence-corrected chi connectivity index (χ2v) is 17.5. The van der Waals surface area contributed by atoms with E-state index in [1.54, 1.807) is 0 Å². The summed E-state index contributed by atoms with van der Waals surface area (Å²) in [5.74, 6) is -0.927. The van der Waals surface area contributed by atoms with Crippen LogP contribution in [-0.4, -0.2) is 70.0 Å². The summed E-state index contributed by atoms with van der Waals surface area (Å²) in [4.78, 5) is 37.5. The molecule has 9 nitrogen and oxygen atoms in total. The van der Waals surface area contributed by atoms with Crippen LogP contribution in [0.1, 0.15) is 168 Å². The highest BCUT2D eigenvalue weighted by atomic mass is 31.2. The smallest absolute Gasteiger partial charge is 0.306 e. The van der Waals surface area contributed by atoms with Crippen LogP contribution in [0.25, 0.3) is 0 Å². The highest BCUT2D eigenvalue weighted by Gasteiger charge is 2.21. The number of phosphoric ester groups is 1. The van der Waals surface area contributed by atoms with Crippen molar-refractivity contribution >= 4 is 19.8 Å². The second-order valence-electron chi connectivity index (χ2n) is 16.1. The fourth-order valence-corrected chi connectivity index (χ4v) is 6.35. The zero-order valence-corrected chi connectivity index (χ0v) is 38.4. The van der Waals surface area contributed by atoms with E-state index in [0.717, 1.165) is 57.8 Å². The maximum atomic E-state index is 12.7. The van der Waals surface area contributed by atoms with Crippen LogP contribution in [0.2, 0.25) is 0 Å². The van der Waals surface area contributed by atoms with Gasteiger partial charge in [-0.1, -0.05) is 145 Å². The molecule has 0 aromatic heterocycles. The van der Waals surface area contributed by atoms with Crippen LogP contribution in [-0.2, 0) is 32.7 Å². The third kappa shape index (κ3) is 43.0. The number of ether oxygens (including phenoxy) is 2. The van der Waals surface area contributed by atoms with Gasteiger partial charge in [-0.05, 0) is 83.5 Å². The maximum absolute atomic E-state index is 12.7. The van der Waals surface area contributed by atoms with Crippen LogP contribution in [0.5, 0.6) is 0 Å². The number of unbranched alkanes of at least 4 members (excludes halogenated alkanes) is 14. The molecule has 1 unspecified atom stereocenters. The van der Waals surface area contributed by atoms with Crippen LogP contribution in [0.4, 0.5) is 0 Å². The number of quaternary nitrogens is 1. The minimum Gasteiger partial charge on any atom is -0.756 e. The van der Waals surface area contributed by atoms with Gasteiger partial charge in [-0.15, -0.1) is 0 Å². The molecule has 0 heterocycles. The summed E-state index contributed by atoms with van der Waals surface area (Å²) in [5, 5.41) is 0. The minimum absolute atomic E-state index is 0.0472. The van der Waals surface area contributed by atoms with Gasteiger partial charge >= 0.3 is 11.9 Å². The average Bonchev–Trinajstić information content (AvgIpc) is 3.17. The van der Waals surface area contributed by atoms with E-state index in [1.807, 2.05) is 27.2 Å². The third-order valence-corrected chi connectivity index (χ3v) is 10.2. The van der Waals surface area contributed by atoms with Crippen molar-refractivity contribution in [2.24, 2.45) is 0 Å². The highest BCUT2D eigenvalue weighted by molar-refractivity contribution is 7.45. The molecule has 10 heteroatoms. The number of allylic oxidation sites excluding steroid dienone is 12. The summed E-state index contributed by atoms with van der Waals surface area (Å²) in [5.41, 5.74) is 0. The molecule has 0 rings (SSSR count). The van der Waals surface area contributed by atoms with Crippen molar-refractivity contribution in [1.29, 1.82) is 0 Å². The van der Waals surface area contributed by atoms with Crippen LogP contribution in [0.3, 0.4) is 0 Å². The third-order valence-electron chi connectivity index (χ3n) is 9.20. The van der Waals surface area contributed by atoms with Crippen molar-refractivity contribution in [3.63, 3.8) is 0 Å². The Bertz CT molecular complexity index is 1220. The number of nitrogens with zero attached hydrogens (tertiary/aromatic N) is 1. The summed E-state index contributed by atoms with van der Waals surface area (Å²) >= 11 is 0. The van der Waals surface area contributed by atoms with Gasteiger partial charge in [-0.2, -0.15) is 0 Å². The Hall–Kier alpha value is -2.55. The molecule has 0 saturated carbocycles. The molecule has 0 spiro atoms. The van der Waals surface area contributed by atoms with Crippen molar-refractivity contribution in [2.75, 3.05) is 47.5 Å². The zero-order valence-electron chi connectivity index (χ0n) is 37.5. The number of carbonyl (C=O) groups excluding carboxylic acids is 2. The summed E-state index contributed by atoms with van der Waals surface area (Å²) in [6.45, 7) is 4.09. The maximum Gasteiger partial charge on any atom is 0.306 e. The lowest BCUT2D eigenvalue weighted by molar-refractivity contribution is -0.870. The van der Waals surface area contributed by atoms with E-state index in [-0.39, 0.29) is 26.1 Å². The lowest BCUT2D eigenvalue weighted by Crippen LogP contribution is -2.37. The summed E-state index contributed by atoms with van der Waals surface area (Å²) in [6.07, 6.45) is 49.3. The van der Waals surface area contributed by atoms with Crippen LogP contribution >= 0.6 is 7.82 Å². The SMILES string of the molecule is CCCCC/C=C\C/C=C\C/C=C\CCCCCCC(=O)OC[C@H](COP(=O)([O-])OCC[N+](C)(C)C)OC(=O)CCC/C=C\C/C=C\C/C=C\CCCCCCCC. The second kappa shape index (κ2) is 39.9. The van der Waals surface area contributed by atoms with Crippen LogP contribution in [0, 0.1) is 0 Å². The van der Waals surface area contributed by atoms with Gasteiger partial charge in [-0.25, -0.2) is 0 Å². The molecule has 0 aliphatic heterocycles. The molecule has 0 aliphatic carbocycles. The van der Waals surface area contributed by atoms with Gasteiger partial charge in [0.05, 0.1) is 27.7 Å². The number of carbonyl (C=O) groups is 2. The summed E-state index contributed by atoms with van der Waals surface area (Å²) in [6, 6.07) is 0. The fourth-order valence-electron chi connectivity index (χ4n) is 5.62. The van der Waals surface area contributed by atoms with E-state index in [1.165, 1.54) is 64.2 Å². The minimum atomic E-state index is -4.65. The Morgan fingerprint density at radius 3 is 1.47 bits per heavy atom. The van der Waals surface area contributed by atoms with E-state index < -0.39 is 32.5 Å². The summed E-state index contributed by atoms with van der Waals surface area (Å²) in [7, 11) is 1.11. The number of likely N-dealkylation sites (N-methyl/N-ethyl adjacent to an activating group) is 1. The Kier molecular flexibility index (Phi) is 38.1. The predicted octanol–water partition coefficient (Wildman–Crippen LogP) is 12.4. The first-order valence-corrected chi connectivity index (χ1v) is 24.1. The first kappa shape index (κ1) is 55.5. The molecule has 0 bridgehead atoms. The molecule has 0 radical (unpaired) electrons. The van der Waals surface area contributed by atoms with Gasteiger partial charge < -0.3 is 27.9 Å². The molecule has 0 amide bonds. The standard InChI is InChI=1S/C48H84NO8P/c1-6-8-10-12-14-16-18-20-22-24-26-28-30-32-34-36-38-40-47(50)54-44-46(45-56-58(52,53)55-43-42-49(3,4)5)57-48(51)41-39-37-35-33-31-29-27-25-23-21-19-17-15-13-11-9-7-2/h14,16,20-23,26-29,33,35,46H,6-13,15,17-19,24-25,30-32,34,36-45H2,1-5H3/b16-14-,22-20-,23-21-,28-26-,29-27-,35-33-/t46-/m1/s1. The molecule has 0 aliphatic rings. The molecule has 0 saturated heterocycles. The quantitative estimate of drug-likeness (QED) is 0.0197. The van der Waals surface area contributed by atoms with Crippen molar-refractivity contribution < 1.29 is 42.1 Å². The van der Waals surface area contributed by atoms with E-state index in [9.17, 15) is 19.0 Å². The van der Waals surface area contributed by atoms with E-state index in [4.69, 9.17) is 18.5 Å². The number of hydrogen-bond acceptors (Lipinski definition) is 8. The first-order chi connectivity index (χ1) is 28.0. The zero-order chi connectivity index (χ0) is 42.8. The van der Waals surface area contributed by atoms with Gasteiger partial charge in [0.15, 0.2) is 6.10 Å². The van der Waals surface area contributed by atoms with E-state index in [2.05, 4.69) is 80.7 Å². The topological polar surface area (TPSA) is 111 Å². The fraction of sp³-hybridized carbons (Fsp3) is 0.708. The Morgan fingerprint density at radius 1 is 0.534 bits per heavy atom. The number of phosphoric acid groups is 1. The largest absolute Gasteiger partial charge is 0.756 e. The summed E-state index contributed by atoms with van der Waals surface area (Å²) < 4.78 is 33.8. The molecule has 334 valence electrons. The van der Waals surface area contributed by atoms with Gasteiger partial charge in [0, 0.05) is 12.8 Å². The van der Waals surface area contributed by atoms with Crippen molar-refractivity contribution in [3.05, 3.63) is 72.9 Å². The van der Waals surface area contributed by atoms with Gasteiger partial charge in [-0.3, -0.25) is 14.2 Å². The van der Waals surface area contributed by atoms with Crippen LogP contribution in [0.15, 0.2) is 72.9 Å². The highest BCUT2D eigenvalue weighted by Crippen LogP contribution is 2.38. The van der Waals surface area contributed by atoms with Crippen molar-refractivity contribution in [2.45, 2.75) is 174 Å². The van der Waals surface area contributed by atoms with E-state index >= 15 is 0 Å². The Balaban J connectivity index is 4.49. The van der Waals surface area contributed by atoms with Gasteiger partial charge in [0.1, 0.15) is 19.8 Å². The monoisotopic (exact) mass is 834 g/mol. The lowest BCUT2D eigenvalue weighted by Gasteiger charge is -2.28. The molecular formula is C48H84NO8P. The van der Waals surface area contributed by atoms with Crippen molar-refractivity contribution in [3.8, 4) is 0 Å². The lowest BCUT2D eigenvalue weighted by atomic mass is 10.1. The molecule has 0 aromatic carbocycles. The van der Waals surface area contributed by atoms with E-state index in [0.29, 0.717) is 30.3 Å². The van der Waals surface area contributed by atoms with Crippen LogP contribution < -0.4 is 4.89 Å². The molecule has 58 heavy (non-hydrogen) atoms. The first-order valence-electron chi connectivity index (χ1n) is 22.6. The van der Waals surface area contributed by atoms with Gasteiger partial charge in [0.25, 0.3) is 7.82 Å². The number of esters is 2. The number of rotatable bonds is 40. The number of hydrogen-bond donors (Lipinski definition) is 0. The average molecular weight is 834 g/mol. The Morgan fingerprint density at radius 2 is 0.948 bits per heavy atom. The van der Waals surface area contributed by atoms with Crippen molar-refractivity contribution in [1.82, 2.24) is 0 Å². The molecular weight excluding hydrogens is 750 g/mol. The Labute approximate surface area is 355 Å². The molecule has 0 N–H and O–H groups in total. The molecule has 2 atom stereocenters. The molecule has 0 aromatic rings.